The minimum Gasteiger partial charge on any atom is -0.478 e. The lowest BCUT2D eigenvalue weighted by Crippen LogP contribution is -2.47. The maximum atomic E-state index is 13.5. The Hall–Kier alpha value is -2.15. The second-order valence-electron chi connectivity index (χ2n) is 5.18. The molecule has 114 valence electrons. The highest BCUT2D eigenvalue weighted by Crippen LogP contribution is 2.21. The number of hydrogen-bond acceptors (Lipinski definition) is 3. The molecule has 6 nitrogen and oxygen atoms in total. The smallest absolute Gasteiger partial charge is 0.340 e. The Balaban J connectivity index is 2.13. The van der Waals surface area contributed by atoms with Crippen molar-refractivity contribution in [1.29, 1.82) is 0 Å². The van der Waals surface area contributed by atoms with Crippen LogP contribution < -0.4 is 5.32 Å². The van der Waals surface area contributed by atoms with Crippen LogP contribution in [0.5, 0.6) is 0 Å². The standard InChI is InChI=1S/C14H17FN2O4/c1-8-5-6-17(7-11(8)18)14(21)16-10-4-2-3-9(15)12(10)13(19)20/h2-4,8,11,18H,5-7H2,1H3,(H,16,21)(H,19,20). The number of carbonyl (C=O) groups is 2. The van der Waals surface area contributed by atoms with E-state index in [0.717, 1.165) is 6.07 Å². The van der Waals surface area contributed by atoms with Crippen LogP contribution in [-0.4, -0.2) is 46.3 Å². The number of anilines is 1. The second-order valence-corrected chi connectivity index (χ2v) is 5.18. The summed E-state index contributed by atoms with van der Waals surface area (Å²) in [7, 11) is 0. The predicted octanol–water partition coefficient (Wildman–Crippen LogP) is 1.76. The van der Waals surface area contributed by atoms with E-state index in [9.17, 15) is 19.1 Å². The molecule has 21 heavy (non-hydrogen) atoms. The number of benzene rings is 1. The summed E-state index contributed by atoms with van der Waals surface area (Å²) in [5.41, 5.74) is -0.669. The topological polar surface area (TPSA) is 89.9 Å². The van der Waals surface area contributed by atoms with Crippen molar-refractivity contribution in [2.75, 3.05) is 18.4 Å². The van der Waals surface area contributed by atoms with Crippen molar-refractivity contribution in [2.24, 2.45) is 5.92 Å². The molecule has 1 aliphatic rings. The Morgan fingerprint density at radius 3 is 2.76 bits per heavy atom. The molecule has 1 saturated heterocycles. The molecule has 2 rings (SSSR count). The summed E-state index contributed by atoms with van der Waals surface area (Å²) in [6, 6.07) is 3.12. The number of carbonyl (C=O) groups excluding carboxylic acids is 1. The fourth-order valence-electron chi connectivity index (χ4n) is 2.27. The molecule has 0 saturated carbocycles. The molecule has 0 radical (unpaired) electrons. The number of carboxylic acids is 1. The van der Waals surface area contributed by atoms with Crippen LogP contribution in [0.25, 0.3) is 0 Å². The Bertz CT molecular complexity index is 564. The summed E-state index contributed by atoms with van der Waals surface area (Å²) in [5.74, 6) is -2.25. The molecule has 1 aromatic carbocycles. The van der Waals surface area contributed by atoms with Gasteiger partial charge in [0, 0.05) is 13.1 Å². The summed E-state index contributed by atoms with van der Waals surface area (Å²) >= 11 is 0. The molecule has 0 spiro atoms. The summed E-state index contributed by atoms with van der Waals surface area (Å²) in [5, 5.41) is 21.2. The molecule has 1 heterocycles. The maximum absolute atomic E-state index is 13.5. The zero-order valence-electron chi connectivity index (χ0n) is 11.5. The van der Waals surface area contributed by atoms with Crippen LogP contribution in [-0.2, 0) is 0 Å². The number of urea groups is 1. The minimum atomic E-state index is -1.45. The number of aliphatic hydroxyl groups is 1. The maximum Gasteiger partial charge on any atom is 0.340 e. The van der Waals surface area contributed by atoms with Gasteiger partial charge >= 0.3 is 12.0 Å². The molecule has 1 aromatic rings. The zero-order valence-corrected chi connectivity index (χ0v) is 11.5. The highest BCUT2D eigenvalue weighted by Gasteiger charge is 2.28. The van der Waals surface area contributed by atoms with Crippen molar-refractivity contribution >= 4 is 17.7 Å². The van der Waals surface area contributed by atoms with E-state index in [0.29, 0.717) is 13.0 Å². The predicted molar refractivity (Wildman–Crippen MR) is 73.7 cm³/mol. The molecule has 0 aromatic heterocycles. The number of hydrogen-bond donors (Lipinski definition) is 3. The van der Waals surface area contributed by atoms with Gasteiger partial charge in [-0.25, -0.2) is 14.0 Å². The van der Waals surface area contributed by atoms with Gasteiger partial charge < -0.3 is 20.4 Å². The molecule has 0 bridgehead atoms. The Kier molecular flexibility index (Phi) is 4.42. The number of likely N-dealkylation sites (tertiary alicyclic amines) is 1. The summed E-state index contributed by atoms with van der Waals surface area (Å²) in [6.07, 6.45) is 0.0414. The van der Waals surface area contributed by atoms with Crippen molar-refractivity contribution in [3.05, 3.63) is 29.6 Å². The largest absolute Gasteiger partial charge is 0.478 e. The Labute approximate surface area is 121 Å². The van der Waals surface area contributed by atoms with E-state index < -0.39 is 29.5 Å². The van der Waals surface area contributed by atoms with Crippen LogP contribution in [0, 0.1) is 11.7 Å². The lowest BCUT2D eigenvalue weighted by molar-refractivity contribution is 0.0463. The number of halogens is 1. The van der Waals surface area contributed by atoms with E-state index in [-0.39, 0.29) is 18.2 Å². The number of piperidine rings is 1. The molecule has 1 fully saturated rings. The highest BCUT2D eigenvalue weighted by molar-refractivity contribution is 6.00. The van der Waals surface area contributed by atoms with E-state index in [4.69, 9.17) is 5.11 Å². The number of β-amino-alcohol motifs (C(OH)–C–C–N with tert-alkyl or cyclic N) is 1. The Morgan fingerprint density at radius 1 is 1.43 bits per heavy atom. The van der Waals surface area contributed by atoms with Crippen molar-refractivity contribution in [3.8, 4) is 0 Å². The first-order valence-corrected chi connectivity index (χ1v) is 6.66. The molecule has 2 amide bonds. The number of carboxylic acid groups (broad SMARTS) is 1. The van der Waals surface area contributed by atoms with Gasteiger partial charge in [0.15, 0.2) is 0 Å². The van der Waals surface area contributed by atoms with Gasteiger partial charge in [-0.15, -0.1) is 0 Å². The molecular formula is C14H17FN2O4. The Morgan fingerprint density at radius 2 is 2.14 bits per heavy atom. The molecule has 3 N–H and O–H groups in total. The van der Waals surface area contributed by atoms with Gasteiger partial charge in [0.25, 0.3) is 0 Å². The fraction of sp³-hybridized carbons (Fsp3) is 0.429. The van der Waals surface area contributed by atoms with Gasteiger partial charge in [-0.3, -0.25) is 0 Å². The number of nitrogens with zero attached hydrogens (tertiary/aromatic N) is 1. The number of aliphatic hydroxyl groups excluding tert-OH is 1. The van der Waals surface area contributed by atoms with Crippen LogP contribution in [0.4, 0.5) is 14.9 Å². The number of aromatic carboxylic acids is 1. The summed E-state index contributed by atoms with van der Waals surface area (Å²) in [6.45, 7) is 2.53. The fourth-order valence-corrected chi connectivity index (χ4v) is 2.27. The number of rotatable bonds is 2. The third-order valence-corrected chi connectivity index (χ3v) is 3.67. The molecule has 1 aliphatic heterocycles. The molecular weight excluding hydrogens is 279 g/mol. The quantitative estimate of drug-likeness (QED) is 0.775. The number of amides is 2. The summed E-state index contributed by atoms with van der Waals surface area (Å²) in [4.78, 5) is 24.5. The average molecular weight is 296 g/mol. The van der Waals surface area contributed by atoms with E-state index in [1.54, 1.807) is 0 Å². The highest BCUT2D eigenvalue weighted by atomic mass is 19.1. The monoisotopic (exact) mass is 296 g/mol. The van der Waals surface area contributed by atoms with Crippen molar-refractivity contribution in [1.82, 2.24) is 4.90 Å². The van der Waals surface area contributed by atoms with E-state index in [2.05, 4.69) is 5.32 Å². The van der Waals surface area contributed by atoms with E-state index >= 15 is 0 Å². The molecule has 2 atom stereocenters. The van der Waals surface area contributed by atoms with Crippen LogP contribution >= 0.6 is 0 Å². The molecule has 2 unspecified atom stereocenters. The van der Waals surface area contributed by atoms with Gasteiger partial charge in [0.05, 0.1) is 11.8 Å². The van der Waals surface area contributed by atoms with E-state index in [1.165, 1.54) is 17.0 Å². The van der Waals surface area contributed by atoms with Crippen LogP contribution in [0.1, 0.15) is 23.7 Å². The van der Waals surface area contributed by atoms with Gasteiger partial charge in [-0.1, -0.05) is 13.0 Å². The average Bonchev–Trinajstić information content (AvgIpc) is 2.41. The lowest BCUT2D eigenvalue weighted by atomic mass is 9.96. The van der Waals surface area contributed by atoms with Gasteiger partial charge in [-0.2, -0.15) is 0 Å². The zero-order chi connectivity index (χ0) is 15.6. The van der Waals surface area contributed by atoms with Gasteiger partial charge in [-0.05, 0) is 24.5 Å². The summed E-state index contributed by atoms with van der Waals surface area (Å²) < 4.78 is 13.5. The number of nitrogens with one attached hydrogen (secondary N) is 1. The first-order valence-electron chi connectivity index (χ1n) is 6.66. The lowest BCUT2D eigenvalue weighted by Gasteiger charge is -2.34. The first-order chi connectivity index (χ1) is 9.90. The second kappa shape index (κ2) is 6.09. The van der Waals surface area contributed by atoms with Crippen LogP contribution in [0.15, 0.2) is 18.2 Å². The van der Waals surface area contributed by atoms with Crippen molar-refractivity contribution in [3.63, 3.8) is 0 Å². The SMILES string of the molecule is CC1CCN(C(=O)Nc2cccc(F)c2C(=O)O)CC1O. The van der Waals surface area contributed by atoms with E-state index in [1.807, 2.05) is 6.92 Å². The van der Waals surface area contributed by atoms with Crippen molar-refractivity contribution < 1.29 is 24.2 Å². The van der Waals surface area contributed by atoms with Gasteiger partial charge in [0.2, 0.25) is 0 Å². The molecule has 7 heteroatoms. The molecule has 0 aliphatic carbocycles. The minimum absolute atomic E-state index is 0.0967. The van der Waals surface area contributed by atoms with Crippen molar-refractivity contribution in [2.45, 2.75) is 19.4 Å². The normalized spacial score (nSPS) is 22.0. The third kappa shape index (κ3) is 3.30. The van der Waals surface area contributed by atoms with Gasteiger partial charge in [0.1, 0.15) is 11.4 Å². The first kappa shape index (κ1) is 15.2. The third-order valence-electron chi connectivity index (χ3n) is 3.67. The van der Waals surface area contributed by atoms with Crippen LogP contribution in [0.2, 0.25) is 0 Å². The van der Waals surface area contributed by atoms with Crippen LogP contribution in [0.3, 0.4) is 0 Å².